The van der Waals surface area contributed by atoms with Crippen molar-refractivity contribution in [3.63, 3.8) is 0 Å². The van der Waals surface area contributed by atoms with Crippen molar-refractivity contribution in [3.8, 4) is 0 Å². The topological polar surface area (TPSA) is 46.3 Å². The molecule has 1 aliphatic rings. The molecule has 3 nitrogen and oxygen atoms in total. The molecule has 0 aliphatic carbocycles. The van der Waals surface area contributed by atoms with Gasteiger partial charge in [0.05, 0.1) is 0 Å². The minimum atomic E-state index is -0.276. The minimum absolute atomic E-state index is 0.156. The number of hydrogen-bond donors (Lipinski definition) is 1. The zero-order chi connectivity index (χ0) is 12.3. The Labute approximate surface area is 100 Å². The highest BCUT2D eigenvalue weighted by atomic mass is 19.1. The van der Waals surface area contributed by atoms with Gasteiger partial charge >= 0.3 is 0 Å². The fourth-order valence-electron chi connectivity index (χ4n) is 2.18. The van der Waals surface area contributed by atoms with E-state index in [0.29, 0.717) is 19.5 Å². The number of likely N-dealkylation sites (tertiary alicyclic amines) is 1. The highest BCUT2D eigenvalue weighted by Gasteiger charge is 2.19. The van der Waals surface area contributed by atoms with Crippen LogP contribution in [-0.4, -0.2) is 17.4 Å². The number of halogens is 1. The number of amides is 1. The van der Waals surface area contributed by atoms with Crippen LogP contribution in [0.5, 0.6) is 0 Å². The van der Waals surface area contributed by atoms with E-state index in [9.17, 15) is 9.18 Å². The Kier molecular flexibility index (Phi) is 3.74. The number of carbonyl (C=O) groups excluding carboxylic acids is 1. The first-order chi connectivity index (χ1) is 8.20. The van der Waals surface area contributed by atoms with Crippen LogP contribution in [-0.2, 0) is 17.9 Å². The monoisotopic (exact) mass is 236 g/mol. The molecule has 1 amide bonds. The average Bonchev–Trinajstić information content (AvgIpc) is 2.32. The van der Waals surface area contributed by atoms with Crippen molar-refractivity contribution in [2.75, 3.05) is 6.54 Å². The van der Waals surface area contributed by atoms with Gasteiger partial charge < -0.3 is 10.6 Å². The number of benzene rings is 1. The van der Waals surface area contributed by atoms with Gasteiger partial charge in [0.2, 0.25) is 5.91 Å². The Bertz CT molecular complexity index is 420. The van der Waals surface area contributed by atoms with Gasteiger partial charge in [-0.2, -0.15) is 0 Å². The Morgan fingerprint density at radius 2 is 2.12 bits per heavy atom. The van der Waals surface area contributed by atoms with Crippen LogP contribution < -0.4 is 5.73 Å². The van der Waals surface area contributed by atoms with Crippen molar-refractivity contribution < 1.29 is 9.18 Å². The molecular formula is C13H17FN2O. The van der Waals surface area contributed by atoms with Crippen LogP contribution >= 0.6 is 0 Å². The zero-order valence-electron chi connectivity index (χ0n) is 9.79. The highest BCUT2D eigenvalue weighted by Crippen LogP contribution is 2.17. The molecule has 1 saturated heterocycles. The molecule has 1 heterocycles. The van der Waals surface area contributed by atoms with Crippen LogP contribution in [0.4, 0.5) is 4.39 Å². The summed E-state index contributed by atoms with van der Waals surface area (Å²) in [6, 6.07) is 4.58. The maximum absolute atomic E-state index is 13.2. The largest absolute Gasteiger partial charge is 0.338 e. The molecule has 2 rings (SSSR count). The summed E-state index contributed by atoms with van der Waals surface area (Å²) < 4.78 is 13.2. The molecule has 0 spiro atoms. The molecule has 0 atom stereocenters. The first kappa shape index (κ1) is 12.0. The summed E-state index contributed by atoms with van der Waals surface area (Å²) in [7, 11) is 0. The van der Waals surface area contributed by atoms with Gasteiger partial charge in [0.15, 0.2) is 0 Å². The van der Waals surface area contributed by atoms with E-state index in [2.05, 4.69) is 0 Å². The molecule has 0 unspecified atom stereocenters. The van der Waals surface area contributed by atoms with Crippen molar-refractivity contribution in [2.24, 2.45) is 5.73 Å². The zero-order valence-corrected chi connectivity index (χ0v) is 9.79. The molecule has 2 N–H and O–H groups in total. The lowest BCUT2D eigenvalue weighted by Gasteiger charge is -2.27. The van der Waals surface area contributed by atoms with Gasteiger partial charge in [0.1, 0.15) is 5.82 Å². The molecule has 1 aliphatic heterocycles. The Hall–Kier alpha value is -1.42. The highest BCUT2D eigenvalue weighted by molar-refractivity contribution is 5.76. The molecule has 92 valence electrons. The average molecular weight is 236 g/mol. The molecular weight excluding hydrogens is 219 g/mol. The first-order valence-electron chi connectivity index (χ1n) is 5.96. The summed E-state index contributed by atoms with van der Waals surface area (Å²) in [6.45, 7) is 1.61. The smallest absolute Gasteiger partial charge is 0.222 e. The first-order valence-corrected chi connectivity index (χ1v) is 5.96. The van der Waals surface area contributed by atoms with E-state index in [-0.39, 0.29) is 11.7 Å². The molecule has 1 aromatic carbocycles. The summed E-state index contributed by atoms with van der Waals surface area (Å²) in [4.78, 5) is 13.5. The van der Waals surface area contributed by atoms with E-state index >= 15 is 0 Å². The third-order valence-corrected chi connectivity index (χ3v) is 3.17. The molecule has 17 heavy (non-hydrogen) atoms. The van der Waals surface area contributed by atoms with Gasteiger partial charge in [-0.15, -0.1) is 0 Å². The Morgan fingerprint density at radius 1 is 1.29 bits per heavy atom. The standard InChI is InChI=1S/C13H17FN2O/c14-12-5-4-10(8-15)11(7-12)9-16-6-2-1-3-13(16)17/h4-5,7H,1-3,6,8-9,15H2. The lowest BCUT2D eigenvalue weighted by atomic mass is 10.0. The van der Waals surface area contributed by atoms with Crippen LogP contribution in [0.3, 0.4) is 0 Å². The van der Waals surface area contributed by atoms with Crippen LogP contribution in [0.25, 0.3) is 0 Å². The van der Waals surface area contributed by atoms with E-state index in [0.717, 1.165) is 30.5 Å². The van der Waals surface area contributed by atoms with Crippen LogP contribution in [0.1, 0.15) is 30.4 Å². The summed E-state index contributed by atoms with van der Waals surface area (Å²) >= 11 is 0. The quantitative estimate of drug-likeness (QED) is 0.869. The summed E-state index contributed by atoms with van der Waals surface area (Å²) in [5, 5.41) is 0. The van der Waals surface area contributed by atoms with Crippen molar-refractivity contribution in [2.45, 2.75) is 32.4 Å². The van der Waals surface area contributed by atoms with E-state index in [1.54, 1.807) is 11.0 Å². The fourth-order valence-corrected chi connectivity index (χ4v) is 2.18. The van der Waals surface area contributed by atoms with Crippen LogP contribution in [0.2, 0.25) is 0 Å². The van der Waals surface area contributed by atoms with E-state index in [1.165, 1.54) is 12.1 Å². The maximum Gasteiger partial charge on any atom is 0.222 e. The number of hydrogen-bond acceptors (Lipinski definition) is 2. The van der Waals surface area contributed by atoms with Crippen LogP contribution in [0, 0.1) is 5.82 Å². The third-order valence-electron chi connectivity index (χ3n) is 3.17. The SMILES string of the molecule is NCc1ccc(F)cc1CN1CCCCC1=O. The normalized spacial score (nSPS) is 16.4. The molecule has 0 saturated carbocycles. The van der Waals surface area contributed by atoms with Crippen molar-refractivity contribution in [1.29, 1.82) is 0 Å². The van der Waals surface area contributed by atoms with Gasteiger partial charge in [-0.3, -0.25) is 4.79 Å². The molecule has 1 aromatic rings. The van der Waals surface area contributed by atoms with Gasteiger partial charge in [-0.25, -0.2) is 4.39 Å². The number of rotatable bonds is 3. The van der Waals surface area contributed by atoms with Gasteiger partial charge in [0, 0.05) is 26.1 Å². The predicted octanol–water partition coefficient (Wildman–Crippen LogP) is 1.80. The van der Waals surface area contributed by atoms with Crippen molar-refractivity contribution in [3.05, 3.63) is 35.1 Å². The second-order valence-corrected chi connectivity index (χ2v) is 4.39. The second kappa shape index (κ2) is 5.27. The number of piperidine rings is 1. The molecule has 0 aromatic heterocycles. The van der Waals surface area contributed by atoms with E-state index in [4.69, 9.17) is 5.73 Å². The lowest BCUT2D eigenvalue weighted by molar-refractivity contribution is -0.133. The van der Waals surface area contributed by atoms with Gasteiger partial charge in [-0.1, -0.05) is 6.07 Å². The van der Waals surface area contributed by atoms with Crippen molar-refractivity contribution >= 4 is 5.91 Å². The maximum atomic E-state index is 13.2. The van der Waals surface area contributed by atoms with E-state index in [1.807, 2.05) is 0 Å². The van der Waals surface area contributed by atoms with Crippen LogP contribution in [0.15, 0.2) is 18.2 Å². The molecule has 0 radical (unpaired) electrons. The van der Waals surface area contributed by atoms with Crippen molar-refractivity contribution in [1.82, 2.24) is 4.90 Å². The Morgan fingerprint density at radius 3 is 2.82 bits per heavy atom. The lowest BCUT2D eigenvalue weighted by Crippen LogP contribution is -2.35. The summed E-state index contributed by atoms with van der Waals surface area (Å²) in [5.74, 6) is -0.120. The summed E-state index contributed by atoms with van der Waals surface area (Å²) in [6.07, 6.45) is 2.59. The molecule has 0 bridgehead atoms. The minimum Gasteiger partial charge on any atom is -0.338 e. The third kappa shape index (κ3) is 2.82. The van der Waals surface area contributed by atoms with Gasteiger partial charge in [-0.05, 0) is 36.1 Å². The van der Waals surface area contributed by atoms with E-state index < -0.39 is 0 Å². The molecule has 4 heteroatoms. The Balaban J connectivity index is 2.16. The second-order valence-electron chi connectivity index (χ2n) is 4.39. The summed E-state index contributed by atoms with van der Waals surface area (Å²) in [5.41, 5.74) is 7.34. The number of carbonyl (C=O) groups is 1. The van der Waals surface area contributed by atoms with Gasteiger partial charge in [0.25, 0.3) is 0 Å². The predicted molar refractivity (Wildman–Crippen MR) is 63.6 cm³/mol. The molecule has 1 fully saturated rings. The fraction of sp³-hybridized carbons (Fsp3) is 0.462. The number of nitrogens with two attached hydrogens (primary N) is 1. The number of nitrogens with zero attached hydrogens (tertiary/aromatic N) is 1.